The van der Waals surface area contributed by atoms with Crippen molar-refractivity contribution in [2.45, 2.75) is 13.0 Å². The number of halogens is 2. The van der Waals surface area contributed by atoms with E-state index in [0.717, 1.165) is 6.07 Å². The zero-order valence-electron chi connectivity index (χ0n) is 11.5. The number of anilines is 2. The van der Waals surface area contributed by atoms with E-state index in [-0.39, 0.29) is 17.4 Å². The highest BCUT2D eigenvalue weighted by molar-refractivity contribution is 5.68. The summed E-state index contributed by atoms with van der Waals surface area (Å²) in [6, 6.07) is 2.22. The van der Waals surface area contributed by atoms with Crippen LogP contribution in [0, 0.1) is 11.6 Å². The molecule has 0 fully saturated rings. The largest absolute Gasteiger partial charge is 0.397 e. The van der Waals surface area contributed by atoms with Crippen LogP contribution in [0.5, 0.6) is 0 Å². The van der Waals surface area contributed by atoms with Gasteiger partial charge in [0.05, 0.1) is 24.6 Å². The van der Waals surface area contributed by atoms with E-state index in [0.29, 0.717) is 19.8 Å². The molecule has 0 heterocycles. The second kappa shape index (κ2) is 7.25. The Hall–Kier alpha value is -1.40. The molecule has 0 aromatic heterocycles. The maximum Gasteiger partial charge on any atom is 0.184 e. The van der Waals surface area contributed by atoms with E-state index >= 15 is 0 Å². The van der Waals surface area contributed by atoms with Crippen molar-refractivity contribution in [1.29, 1.82) is 0 Å². The molecule has 0 saturated heterocycles. The smallest absolute Gasteiger partial charge is 0.184 e. The van der Waals surface area contributed by atoms with Crippen LogP contribution in [0.2, 0.25) is 0 Å². The number of nitrogens with two attached hydrogens (primary N) is 1. The summed E-state index contributed by atoms with van der Waals surface area (Å²) >= 11 is 0. The van der Waals surface area contributed by atoms with E-state index in [1.165, 1.54) is 6.07 Å². The first kappa shape index (κ1) is 15.7. The molecule has 0 aliphatic carbocycles. The van der Waals surface area contributed by atoms with Gasteiger partial charge in [-0.3, -0.25) is 0 Å². The van der Waals surface area contributed by atoms with Gasteiger partial charge in [-0.2, -0.15) is 0 Å². The number of methoxy groups -OCH3 is 2. The van der Waals surface area contributed by atoms with Crippen LogP contribution in [-0.2, 0) is 9.47 Å². The van der Waals surface area contributed by atoms with Gasteiger partial charge in [0.1, 0.15) is 0 Å². The van der Waals surface area contributed by atoms with Gasteiger partial charge < -0.3 is 20.1 Å². The van der Waals surface area contributed by atoms with Crippen LogP contribution in [0.25, 0.3) is 0 Å². The molecule has 1 unspecified atom stereocenters. The fourth-order valence-corrected chi connectivity index (χ4v) is 1.92. The van der Waals surface area contributed by atoms with E-state index in [9.17, 15) is 8.78 Å². The second-order valence-electron chi connectivity index (χ2n) is 4.29. The summed E-state index contributed by atoms with van der Waals surface area (Å²) in [5.74, 6) is -1.87. The van der Waals surface area contributed by atoms with Gasteiger partial charge in [-0.05, 0) is 19.1 Å². The summed E-state index contributed by atoms with van der Waals surface area (Å²) in [6.07, 6.45) is 0. The molecule has 4 nitrogen and oxygen atoms in total. The summed E-state index contributed by atoms with van der Waals surface area (Å²) in [5.41, 5.74) is 6.02. The second-order valence-corrected chi connectivity index (χ2v) is 4.29. The highest BCUT2D eigenvalue weighted by Gasteiger charge is 2.22. The van der Waals surface area contributed by atoms with Crippen LogP contribution < -0.4 is 10.6 Å². The number of benzene rings is 1. The normalized spacial score (nSPS) is 12.5. The molecule has 1 aromatic carbocycles. The highest BCUT2D eigenvalue weighted by atomic mass is 19.2. The van der Waals surface area contributed by atoms with Crippen LogP contribution in [0.3, 0.4) is 0 Å². The average molecular weight is 274 g/mol. The van der Waals surface area contributed by atoms with Crippen molar-refractivity contribution in [3.8, 4) is 0 Å². The molecule has 6 heteroatoms. The summed E-state index contributed by atoms with van der Waals surface area (Å²) in [6.45, 7) is 3.00. The summed E-state index contributed by atoms with van der Waals surface area (Å²) in [5, 5.41) is 0. The van der Waals surface area contributed by atoms with Gasteiger partial charge in [-0.25, -0.2) is 8.78 Å². The van der Waals surface area contributed by atoms with E-state index in [4.69, 9.17) is 15.2 Å². The zero-order chi connectivity index (χ0) is 14.4. The van der Waals surface area contributed by atoms with Crippen molar-refractivity contribution in [1.82, 2.24) is 0 Å². The van der Waals surface area contributed by atoms with Gasteiger partial charge >= 0.3 is 0 Å². The SMILES string of the molecule is COCCN(c1c(N)ccc(F)c1F)C(C)COC. The van der Waals surface area contributed by atoms with Crippen molar-refractivity contribution < 1.29 is 18.3 Å². The van der Waals surface area contributed by atoms with Crippen molar-refractivity contribution in [2.24, 2.45) is 0 Å². The Morgan fingerprint density at radius 1 is 1.26 bits per heavy atom. The number of nitrogen functional groups attached to an aromatic ring is 1. The predicted octanol–water partition coefficient (Wildman–Crippen LogP) is 2.03. The Bertz CT molecular complexity index is 416. The molecule has 0 aliphatic rings. The topological polar surface area (TPSA) is 47.7 Å². The fraction of sp³-hybridized carbons (Fsp3) is 0.538. The van der Waals surface area contributed by atoms with Crippen LogP contribution in [-0.4, -0.2) is 40.0 Å². The Kier molecular flexibility index (Phi) is 5.98. The zero-order valence-corrected chi connectivity index (χ0v) is 11.5. The minimum absolute atomic E-state index is 0.0570. The van der Waals surface area contributed by atoms with Crippen LogP contribution in [0.4, 0.5) is 20.2 Å². The highest BCUT2D eigenvalue weighted by Crippen LogP contribution is 2.30. The number of ether oxygens (including phenoxy) is 2. The van der Waals surface area contributed by atoms with E-state index in [1.807, 2.05) is 6.92 Å². The maximum absolute atomic E-state index is 14.0. The van der Waals surface area contributed by atoms with Gasteiger partial charge in [0.2, 0.25) is 0 Å². The Morgan fingerprint density at radius 3 is 2.53 bits per heavy atom. The third-order valence-electron chi connectivity index (χ3n) is 2.86. The Labute approximate surface area is 112 Å². The molecule has 108 valence electrons. The van der Waals surface area contributed by atoms with Crippen LogP contribution >= 0.6 is 0 Å². The van der Waals surface area contributed by atoms with Gasteiger partial charge in [0, 0.05) is 26.8 Å². The first-order valence-electron chi connectivity index (χ1n) is 6.00. The molecule has 19 heavy (non-hydrogen) atoms. The quantitative estimate of drug-likeness (QED) is 0.773. The van der Waals surface area contributed by atoms with Crippen LogP contribution in [0.15, 0.2) is 12.1 Å². The summed E-state index contributed by atoms with van der Waals surface area (Å²) < 4.78 is 37.4. The van der Waals surface area contributed by atoms with Crippen LogP contribution in [0.1, 0.15) is 6.92 Å². The lowest BCUT2D eigenvalue weighted by molar-refractivity contribution is 0.170. The number of hydrogen-bond donors (Lipinski definition) is 1. The molecular formula is C13H20F2N2O2. The molecule has 0 saturated carbocycles. The van der Waals surface area contributed by atoms with Crippen molar-refractivity contribution >= 4 is 11.4 Å². The van der Waals surface area contributed by atoms with Crippen molar-refractivity contribution in [3.05, 3.63) is 23.8 Å². The fourth-order valence-electron chi connectivity index (χ4n) is 1.92. The molecule has 1 rings (SSSR count). The molecule has 0 spiro atoms. The minimum Gasteiger partial charge on any atom is -0.397 e. The number of rotatable bonds is 7. The predicted molar refractivity (Wildman–Crippen MR) is 71.3 cm³/mol. The third-order valence-corrected chi connectivity index (χ3v) is 2.86. The minimum atomic E-state index is -0.945. The average Bonchev–Trinajstić information content (AvgIpc) is 2.38. The molecule has 2 N–H and O–H groups in total. The van der Waals surface area contributed by atoms with Gasteiger partial charge in [-0.1, -0.05) is 0 Å². The summed E-state index contributed by atoms with van der Waals surface area (Å²) in [7, 11) is 3.10. The summed E-state index contributed by atoms with van der Waals surface area (Å²) in [4.78, 5) is 1.65. The molecule has 1 atom stereocenters. The molecular weight excluding hydrogens is 254 g/mol. The lowest BCUT2D eigenvalue weighted by Crippen LogP contribution is -2.39. The van der Waals surface area contributed by atoms with Gasteiger partial charge in [-0.15, -0.1) is 0 Å². The van der Waals surface area contributed by atoms with Crippen molar-refractivity contribution in [2.75, 3.05) is 44.6 Å². The number of nitrogens with zero attached hydrogens (tertiary/aromatic N) is 1. The lowest BCUT2D eigenvalue weighted by Gasteiger charge is -2.32. The first-order valence-corrected chi connectivity index (χ1v) is 6.00. The Morgan fingerprint density at radius 2 is 1.95 bits per heavy atom. The molecule has 0 aliphatic heterocycles. The monoisotopic (exact) mass is 274 g/mol. The third kappa shape index (κ3) is 3.78. The van der Waals surface area contributed by atoms with Gasteiger partial charge in [0.15, 0.2) is 11.6 Å². The molecule has 0 radical (unpaired) electrons. The van der Waals surface area contributed by atoms with E-state index < -0.39 is 11.6 Å². The molecule has 0 bridgehead atoms. The van der Waals surface area contributed by atoms with Crippen molar-refractivity contribution in [3.63, 3.8) is 0 Å². The molecule has 0 amide bonds. The Balaban J connectivity index is 3.12. The standard InChI is InChI=1S/C13H20F2N2O2/c1-9(8-19-3)17(6-7-18-2)13-11(16)5-4-10(14)12(13)15/h4-5,9H,6-8,16H2,1-3H3. The van der Waals surface area contributed by atoms with E-state index in [2.05, 4.69) is 0 Å². The number of hydrogen-bond acceptors (Lipinski definition) is 4. The van der Waals surface area contributed by atoms with Gasteiger partial charge in [0.25, 0.3) is 0 Å². The van der Waals surface area contributed by atoms with E-state index in [1.54, 1.807) is 19.1 Å². The molecule has 1 aromatic rings. The first-order chi connectivity index (χ1) is 9.02. The maximum atomic E-state index is 14.0. The lowest BCUT2D eigenvalue weighted by atomic mass is 10.2.